The number of hydrogen-bond donors (Lipinski definition) is 2. The summed E-state index contributed by atoms with van der Waals surface area (Å²) in [5.41, 5.74) is 8.78. The molecule has 3 N–H and O–H groups in total. The lowest BCUT2D eigenvalue weighted by molar-refractivity contribution is -0.121. The zero-order valence-corrected chi connectivity index (χ0v) is 15.8. The second-order valence-corrected chi connectivity index (χ2v) is 7.39. The third kappa shape index (κ3) is 3.97. The molecule has 2 atom stereocenters. The van der Waals surface area contributed by atoms with E-state index in [9.17, 15) is 4.79 Å². The van der Waals surface area contributed by atoms with Crippen LogP contribution >= 0.6 is 11.8 Å². The first-order valence-electron chi connectivity index (χ1n) is 8.60. The van der Waals surface area contributed by atoms with Crippen molar-refractivity contribution in [2.75, 3.05) is 26.5 Å². The molecule has 1 saturated heterocycles. The van der Waals surface area contributed by atoms with Gasteiger partial charge in [0.15, 0.2) is 11.5 Å². The number of carbonyl (C=O) groups excluding carboxylic acids is 1. The number of rotatable bonds is 5. The molecule has 0 bridgehead atoms. The summed E-state index contributed by atoms with van der Waals surface area (Å²) in [5, 5.41) is 2.83. The summed E-state index contributed by atoms with van der Waals surface area (Å²) in [4.78, 5) is 12.6. The number of ether oxygens (including phenoxy) is 2. The quantitative estimate of drug-likeness (QED) is 0.844. The Hall–Kier alpha value is -2.18. The first-order valence-corrected chi connectivity index (χ1v) is 9.65. The molecule has 1 aliphatic rings. The Balaban J connectivity index is 1.90. The van der Waals surface area contributed by atoms with E-state index >= 15 is 0 Å². The summed E-state index contributed by atoms with van der Waals surface area (Å²) in [5.74, 6) is 2.32. The van der Waals surface area contributed by atoms with Crippen LogP contribution in [0.1, 0.15) is 17.2 Å². The average Bonchev–Trinajstić information content (AvgIpc) is 2.88. The minimum absolute atomic E-state index is 0.0346. The monoisotopic (exact) mass is 372 g/mol. The lowest BCUT2D eigenvalue weighted by Crippen LogP contribution is -2.40. The Morgan fingerprint density at radius 1 is 1.12 bits per heavy atom. The Labute approximate surface area is 158 Å². The molecule has 1 aliphatic heterocycles. The van der Waals surface area contributed by atoms with Gasteiger partial charge in [-0.25, -0.2) is 0 Å². The number of methoxy groups -OCH3 is 2. The Bertz CT molecular complexity index is 781. The predicted octanol–water partition coefficient (Wildman–Crippen LogP) is 2.99. The van der Waals surface area contributed by atoms with Crippen molar-refractivity contribution in [3.05, 3.63) is 48.0 Å². The van der Waals surface area contributed by atoms with Crippen LogP contribution in [0.25, 0.3) is 11.1 Å². The van der Waals surface area contributed by atoms with Gasteiger partial charge in [0, 0.05) is 12.6 Å². The van der Waals surface area contributed by atoms with Crippen molar-refractivity contribution in [1.82, 2.24) is 5.32 Å². The van der Waals surface area contributed by atoms with Crippen LogP contribution in [0.5, 0.6) is 11.5 Å². The summed E-state index contributed by atoms with van der Waals surface area (Å²) in [6.45, 7) is 0.477. The van der Waals surface area contributed by atoms with Gasteiger partial charge in [0.2, 0.25) is 5.91 Å². The molecule has 3 rings (SSSR count). The number of amides is 1. The van der Waals surface area contributed by atoms with Gasteiger partial charge < -0.3 is 20.5 Å². The van der Waals surface area contributed by atoms with Crippen molar-refractivity contribution in [2.24, 2.45) is 5.73 Å². The van der Waals surface area contributed by atoms with Crippen LogP contribution in [0.15, 0.2) is 42.5 Å². The maximum atomic E-state index is 12.6. The predicted molar refractivity (Wildman–Crippen MR) is 106 cm³/mol. The van der Waals surface area contributed by atoms with Crippen molar-refractivity contribution >= 4 is 17.7 Å². The highest BCUT2D eigenvalue weighted by atomic mass is 32.2. The molecule has 0 saturated carbocycles. The summed E-state index contributed by atoms with van der Waals surface area (Å²) >= 11 is 1.67. The van der Waals surface area contributed by atoms with Crippen LogP contribution in [-0.2, 0) is 4.79 Å². The summed E-state index contributed by atoms with van der Waals surface area (Å²) < 4.78 is 10.7. The third-order valence-corrected chi connectivity index (χ3v) is 5.82. The molecule has 6 heteroatoms. The number of benzene rings is 2. The van der Waals surface area contributed by atoms with E-state index in [2.05, 4.69) is 11.4 Å². The molecule has 2 aromatic rings. The van der Waals surface area contributed by atoms with Gasteiger partial charge in [-0.1, -0.05) is 24.3 Å². The van der Waals surface area contributed by atoms with Gasteiger partial charge in [0.05, 0.1) is 14.2 Å². The molecule has 0 unspecified atom stereocenters. The van der Waals surface area contributed by atoms with Gasteiger partial charge in [-0.3, -0.25) is 4.79 Å². The smallest absolute Gasteiger partial charge is 0.237 e. The van der Waals surface area contributed by atoms with Crippen LogP contribution in [0, 0.1) is 0 Å². The fraction of sp³-hybridized carbons (Fsp3) is 0.350. The van der Waals surface area contributed by atoms with E-state index in [1.165, 1.54) is 0 Å². The molecule has 0 aromatic heterocycles. The summed E-state index contributed by atoms with van der Waals surface area (Å²) in [6, 6.07) is 14.0. The lowest BCUT2D eigenvalue weighted by Gasteiger charge is -2.16. The number of nitrogens with one attached hydrogen (secondary N) is 1. The molecule has 0 aliphatic carbocycles. The average molecular weight is 372 g/mol. The van der Waals surface area contributed by atoms with Crippen molar-refractivity contribution < 1.29 is 14.3 Å². The summed E-state index contributed by atoms with van der Waals surface area (Å²) in [7, 11) is 3.24. The maximum absolute atomic E-state index is 12.6. The first kappa shape index (κ1) is 18.6. The molecule has 26 heavy (non-hydrogen) atoms. The summed E-state index contributed by atoms with van der Waals surface area (Å²) in [6.07, 6.45) is 0.902. The highest BCUT2D eigenvalue weighted by Gasteiger charge is 2.27. The first-order chi connectivity index (χ1) is 12.7. The van der Waals surface area contributed by atoms with Gasteiger partial charge in [0.25, 0.3) is 0 Å². The molecule has 0 spiro atoms. The van der Waals surface area contributed by atoms with Crippen molar-refractivity contribution in [1.29, 1.82) is 0 Å². The van der Waals surface area contributed by atoms with E-state index < -0.39 is 0 Å². The van der Waals surface area contributed by atoms with E-state index in [1.54, 1.807) is 26.0 Å². The number of thioether (sulfide) groups is 1. The molecular weight excluding hydrogens is 348 g/mol. The highest BCUT2D eigenvalue weighted by Crippen LogP contribution is 2.36. The molecule has 2 aromatic carbocycles. The normalized spacial score (nSPS) is 20.2. The van der Waals surface area contributed by atoms with E-state index in [0.717, 1.165) is 28.9 Å². The number of carbonyl (C=O) groups is 1. The molecule has 5 nitrogen and oxygen atoms in total. The SMILES string of the molecule is COc1ccc(-c2cccc([C@@H]3SCC[C@H](CN)NC3=O)c2)cc1OC. The van der Waals surface area contributed by atoms with E-state index in [-0.39, 0.29) is 17.2 Å². The molecule has 1 heterocycles. The van der Waals surface area contributed by atoms with Crippen LogP contribution in [0.3, 0.4) is 0 Å². The largest absolute Gasteiger partial charge is 0.493 e. The van der Waals surface area contributed by atoms with Gasteiger partial charge >= 0.3 is 0 Å². The molecule has 138 valence electrons. The fourth-order valence-electron chi connectivity index (χ4n) is 3.07. The van der Waals surface area contributed by atoms with Crippen LogP contribution in [0.2, 0.25) is 0 Å². The minimum atomic E-state index is -0.216. The highest BCUT2D eigenvalue weighted by molar-refractivity contribution is 8.00. The maximum Gasteiger partial charge on any atom is 0.237 e. The van der Waals surface area contributed by atoms with Crippen molar-refractivity contribution in [3.63, 3.8) is 0 Å². The van der Waals surface area contributed by atoms with E-state index in [0.29, 0.717) is 18.0 Å². The Morgan fingerprint density at radius 3 is 2.62 bits per heavy atom. The van der Waals surface area contributed by atoms with E-state index in [4.69, 9.17) is 15.2 Å². The van der Waals surface area contributed by atoms with Crippen molar-refractivity contribution in [2.45, 2.75) is 17.7 Å². The van der Waals surface area contributed by atoms with Crippen LogP contribution in [0.4, 0.5) is 0 Å². The van der Waals surface area contributed by atoms with Gasteiger partial charge in [-0.15, -0.1) is 11.8 Å². The lowest BCUT2D eigenvalue weighted by atomic mass is 10.0. The zero-order valence-electron chi connectivity index (χ0n) is 15.0. The van der Waals surface area contributed by atoms with Gasteiger partial charge in [-0.05, 0) is 47.1 Å². The molecular formula is C20H24N2O3S. The van der Waals surface area contributed by atoms with E-state index in [1.807, 2.05) is 36.4 Å². The Morgan fingerprint density at radius 2 is 1.88 bits per heavy atom. The van der Waals surface area contributed by atoms with Crippen LogP contribution < -0.4 is 20.5 Å². The van der Waals surface area contributed by atoms with Crippen molar-refractivity contribution in [3.8, 4) is 22.6 Å². The fourth-order valence-corrected chi connectivity index (χ4v) is 4.29. The molecule has 0 radical (unpaired) electrons. The standard InChI is InChI=1S/C20H24N2O3S/c1-24-17-7-6-14(11-18(17)25-2)13-4-3-5-15(10-13)19-20(23)22-16(12-21)8-9-26-19/h3-7,10-11,16,19H,8-9,12,21H2,1-2H3,(H,22,23)/t16-,19+/m1/s1. The molecule has 1 amide bonds. The second kappa shape index (κ2) is 8.47. The molecule has 1 fully saturated rings. The van der Waals surface area contributed by atoms with Crippen LogP contribution in [-0.4, -0.2) is 38.5 Å². The Kier molecular flexibility index (Phi) is 6.06. The number of hydrogen-bond acceptors (Lipinski definition) is 5. The van der Waals surface area contributed by atoms with Gasteiger partial charge in [-0.2, -0.15) is 0 Å². The van der Waals surface area contributed by atoms with Gasteiger partial charge in [0.1, 0.15) is 5.25 Å². The minimum Gasteiger partial charge on any atom is -0.493 e. The second-order valence-electron chi connectivity index (χ2n) is 6.18. The zero-order chi connectivity index (χ0) is 18.5. The number of nitrogens with two attached hydrogens (primary N) is 1. The third-order valence-electron chi connectivity index (χ3n) is 4.53. The topological polar surface area (TPSA) is 73.6 Å².